The summed E-state index contributed by atoms with van der Waals surface area (Å²) >= 11 is 2.88. The Balaban J connectivity index is 5.14. The van der Waals surface area contributed by atoms with Crippen molar-refractivity contribution < 1.29 is 19.4 Å². The molecule has 0 atom stereocenters. The zero-order chi connectivity index (χ0) is 14.7. The topological polar surface area (TPSA) is 68.1 Å². The summed E-state index contributed by atoms with van der Waals surface area (Å²) in [6.07, 6.45) is 6.32. The quantitative estimate of drug-likeness (QED) is 0.203. The molecule has 0 saturated heterocycles. The molecule has 0 fully saturated rings. The highest BCUT2D eigenvalue weighted by atomic mass is 32.2. The van der Waals surface area contributed by atoms with Crippen LogP contribution in [0, 0.1) is 0 Å². The Morgan fingerprint density at radius 1 is 1.16 bits per heavy atom. The van der Waals surface area contributed by atoms with Crippen LogP contribution in [0.4, 0.5) is 0 Å². The molecule has 0 spiro atoms. The first-order chi connectivity index (χ1) is 9.08. The van der Waals surface area contributed by atoms with Gasteiger partial charge >= 0.3 is 11.9 Å². The maximum absolute atomic E-state index is 11.2. The second-order valence-corrected chi connectivity index (χ2v) is 4.84. The summed E-state index contributed by atoms with van der Waals surface area (Å²) in [5.74, 6) is -0.807. The molecule has 1 N–H and O–H groups in total. The minimum atomic E-state index is -0.491. The number of rotatable bonds is 6. The highest BCUT2D eigenvalue weighted by Crippen LogP contribution is 2.16. The monoisotopic (exact) mass is 305 g/mol. The molecule has 0 unspecified atom stereocenters. The Bertz CT molecular complexity index is 372. The van der Waals surface area contributed by atoms with Gasteiger partial charge in [0.05, 0.1) is 13.2 Å². The fraction of sp³-hybridized carbons (Fsp3) is 0.500. The summed E-state index contributed by atoms with van der Waals surface area (Å²) in [5, 5.41) is 9.72. The zero-order valence-electron chi connectivity index (χ0n) is 11.5. The van der Waals surface area contributed by atoms with E-state index in [1.165, 1.54) is 35.7 Å². The first-order valence-corrected chi connectivity index (χ1v) is 8.11. The van der Waals surface area contributed by atoms with Crippen LogP contribution in [0.2, 0.25) is 0 Å². The Hall–Kier alpha value is -1.08. The van der Waals surface area contributed by atoms with Gasteiger partial charge in [-0.1, -0.05) is 0 Å². The van der Waals surface area contributed by atoms with Crippen molar-refractivity contribution in [3.63, 3.8) is 0 Å². The number of aliphatic hydroxyl groups excluding tert-OH is 1. The number of esters is 1. The Morgan fingerprint density at radius 2 is 1.74 bits per heavy atom. The van der Waals surface area contributed by atoms with Gasteiger partial charge in [0.2, 0.25) is 0 Å². The molecule has 0 bridgehead atoms. The predicted molar refractivity (Wildman–Crippen MR) is 81.5 cm³/mol. The van der Waals surface area contributed by atoms with Gasteiger partial charge < -0.3 is 14.6 Å². The SMILES string of the molecule is CCOC(=O)C=CC(N=C(SC)SC)=C(O)OCC. The van der Waals surface area contributed by atoms with Gasteiger partial charge in [-0.3, -0.25) is 0 Å². The van der Waals surface area contributed by atoms with Crippen LogP contribution < -0.4 is 0 Å². The lowest BCUT2D eigenvalue weighted by Gasteiger charge is -2.05. The van der Waals surface area contributed by atoms with E-state index >= 15 is 0 Å². The van der Waals surface area contributed by atoms with Gasteiger partial charge in [0, 0.05) is 6.08 Å². The molecule has 19 heavy (non-hydrogen) atoms. The smallest absolute Gasteiger partial charge is 0.330 e. The van der Waals surface area contributed by atoms with E-state index in [0.717, 1.165) is 4.38 Å². The average molecular weight is 305 g/mol. The molecule has 0 aromatic carbocycles. The van der Waals surface area contributed by atoms with Gasteiger partial charge in [0.1, 0.15) is 10.1 Å². The maximum atomic E-state index is 11.2. The normalized spacial score (nSPS) is 12.0. The summed E-state index contributed by atoms with van der Waals surface area (Å²) in [5.41, 5.74) is 0.189. The van der Waals surface area contributed by atoms with Crippen molar-refractivity contribution in [3.05, 3.63) is 23.8 Å². The minimum absolute atomic E-state index is 0.189. The van der Waals surface area contributed by atoms with Crippen LogP contribution in [0.1, 0.15) is 13.8 Å². The third-order valence-electron chi connectivity index (χ3n) is 1.73. The summed E-state index contributed by atoms with van der Waals surface area (Å²) in [4.78, 5) is 15.5. The number of hydrogen-bond donors (Lipinski definition) is 1. The van der Waals surface area contributed by atoms with E-state index in [2.05, 4.69) is 4.99 Å². The summed E-state index contributed by atoms with van der Waals surface area (Å²) in [6, 6.07) is 0. The van der Waals surface area contributed by atoms with E-state index < -0.39 is 5.97 Å². The van der Waals surface area contributed by atoms with Gasteiger partial charge in [0.15, 0.2) is 0 Å². The lowest BCUT2D eigenvalue weighted by atomic mass is 10.4. The predicted octanol–water partition coefficient (Wildman–Crippen LogP) is 2.95. The van der Waals surface area contributed by atoms with E-state index in [0.29, 0.717) is 13.2 Å². The maximum Gasteiger partial charge on any atom is 0.330 e. The first-order valence-electron chi connectivity index (χ1n) is 5.66. The van der Waals surface area contributed by atoms with Gasteiger partial charge in [-0.15, -0.1) is 23.5 Å². The van der Waals surface area contributed by atoms with Gasteiger partial charge in [-0.2, -0.15) is 0 Å². The molecule has 0 aromatic heterocycles. The molecule has 108 valence electrons. The molecule has 0 heterocycles. The highest BCUT2D eigenvalue weighted by Gasteiger charge is 2.06. The molecule has 7 heteroatoms. The largest absolute Gasteiger partial charge is 0.479 e. The molecular weight excluding hydrogens is 286 g/mol. The minimum Gasteiger partial charge on any atom is -0.479 e. The molecule has 0 amide bonds. The average Bonchev–Trinajstić information content (AvgIpc) is 2.39. The van der Waals surface area contributed by atoms with E-state index in [4.69, 9.17) is 9.47 Å². The third-order valence-corrected chi connectivity index (χ3v) is 3.61. The number of hydrogen-bond acceptors (Lipinski definition) is 7. The second kappa shape index (κ2) is 10.8. The Labute approximate surface area is 122 Å². The fourth-order valence-corrected chi connectivity index (χ4v) is 2.02. The zero-order valence-corrected chi connectivity index (χ0v) is 13.1. The second-order valence-electron chi connectivity index (χ2n) is 2.99. The van der Waals surface area contributed by atoms with Crippen LogP contribution in [0.25, 0.3) is 0 Å². The van der Waals surface area contributed by atoms with Crippen molar-refractivity contribution in [1.82, 2.24) is 0 Å². The van der Waals surface area contributed by atoms with Crippen LogP contribution >= 0.6 is 23.5 Å². The van der Waals surface area contributed by atoms with Crippen LogP contribution in [0.3, 0.4) is 0 Å². The number of aliphatic hydroxyl groups is 1. The Kier molecular flexibility index (Phi) is 10.2. The number of carbonyl (C=O) groups excluding carboxylic acids is 1. The summed E-state index contributed by atoms with van der Waals surface area (Å²) < 4.78 is 10.5. The molecule has 0 aliphatic rings. The molecule has 5 nitrogen and oxygen atoms in total. The van der Waals surface area contributed by atoms with Crippen molar-refractivity contribution in [2.75, 3.05) is 25.7 Å². The van der Waals surface area contributed by atoms with E-state index in [-0.39, 0.29) is 11.6 Å². The van der Waals surface area contributed by atoms with Crippen molar-refractivity contribution in [1.29, 1.82) is 0 Å². The van der Waals surface area contributed by atoms with Crippen LogP contribution in [-0.4, -0.2) is 41.2 Å². The molecule has 0 radical (unpaired) electrons. The van der Waals surface area contributed by atoms with Crippen LogP contribution in [0.5, 0.6) is 0 Å². The first kappa shape index (κ1) is 17.9. The molecule has 0 aliphatic carbocycles. The lowest BCUT2D eigenvalue weighted by Crippen LogP contribution is -2.00. The van der Waals surface area contributed by atoms with E-state index in [1.807, 2.05) is 12.5 Å². The lowest BCUT2D eigenvalue weighted by molar-refractivity contribution is -0.137. The molecule has 0 aliphatic heterocycles. The van der Waals surface area contributed by atoms with Crippen LogP contribution in [0.15, 0.2) is 28.8 Å². The number of carbonyl (C=O) groups is 1. The van der Waals surface area contributed by atoms with Crippen molar-refractivity contribution in [3.8, 4) is 0 Å². The van der Waals surface area contributed by atoms with Gasteiger partial charge in [0.25, 0.3) is 0 Å². The number of allylic oxidation sites excluding steroid dienone is 1. The number of thioether (sulfide) groups is 2. The number of aliphatic imine (C=N–C) groups is 1. The van der Waals surface area contributed by atoms with Crippen molar-refractivity contribution in [2.24, 2.45) is 4.99 Å². The summed E-state index contributed by atoms with van der Waals surface area (Å²) in [7, 11) is 0. The van der Waals surface area contributed by atoms with Gasteiger partial charge in [-0.05, 0) is 32.4 Å². The fourth-order valence-electron chi connectivity index (χ4n) is 0.977. The molecule has 0 rings (SSSR count). The van der Waals surface area contributed by atoms with E-state index in [1.54, 1.807) is 13.8 Å². The summed E-state index contributed by atoms with van der Waals surface area (Å²) in [6.45, 7) is 4.07. The molecular formula is C12H19NO4S2. The highest BCUT2D eigenvalue weighted by molar-refractivity contribution is 8.38. The number of ether oxygens (including phenoxy) is 2. The standard InChI is InChI=1S/C12H19NO4S2/c1-5-16-10(14)8-7-9(11(15)17-6-2)13-12(18-3)19-4/h7-8,15H,5-6H2,1-4H3. The molecule has 0 aromatic rings. The van der Waals surface area contributed by atoms with Crippen LogP contribution in [-0.2, 0) is 14.3 Å². The molecule has 0 saturated carbocycles. The number of nitrogens with zero attached hydrogens (tertiary/aromatic N) is 1. The van der Waals surface area contributed by atoms with Gasteiger partial charge in [-0.25, -0.2) is 9.79 Å². The Morgan fingerprint density at radius 3 is 2.21 bits per heavy atom. The van der Waals surface area contributed by atoms with Crippen molar-refractivity contribution in [2.45, 2.75) is 13.8 Å². The van der Waals surface area contributed by atoms with Crippen molar-refractivity contribution >= 4 is 33.9 Å². The third kappa shape index (κ3) is 7.84. The van der Waals surface area contributed by atoms with E-state index in [9.17, 15) is 9.90 Å².